The van der Waals surface area contributed by atoms with Crippen molar-refractivity contribution in [1.82, 2.24) is 30.0 Å². The number of benzene rings is 2. The van der Waals surface area contributed by atoms with Crippen molar-refractivity contribution >= 4 is 52.6 Å². The number of fused-ring (bicyclic) bond motifs is 5. The molecule has 2 aliphatic rings. The van der Waals surface area contributed by atoms with Crippen molar-refractivity contribution in [3.8, 4) is 17.1 Å². The van der Waals surface area contributed by atoms with Gasteiger partial charge in [-0.25, -0.2) is 24.2 Å². The Morgan fingerprint density at radius 2 is 1.72 bits per heavy atom. The van der Waals surface area contributed by atoms with Crippen molar-refractivity contribution in [2.45, 2.75) is 83.9 Å². The summed E-state index contributed by atoms with van der Waals surface area (Å²) in [7, 11) is 3.06. The van der Waals surface area contributed by atoms with Crippen LogP contribution in [0.3, 0.4) is 0 Å². The molecule has 8 N–H and O–H groups in total. The Kier molecular flexibility index (Phi) is 15.3. The molecule has 3 atom stereocenters. The number of rotatable bonds is 18. The minimum atomic E-state index is -1.95. The molecule has 0 fully saturated rings. The third-order valence-corrected chi connectivity index (χ3v) is 11.9. The molecule has 356 valence electrons. The van der Waals surface area contributed by atoms with Crippen molar-refractivity contribution in [2.24, 2.45) is 17.4 Å². The summed E-state index contributed by atoms with van der Waals surface area (Å²) in [5.41, 5.74) is 13.5. The first kappa shape index (κ1) is 49.1. The number of likely N-dealkylation sites (N-methyl/N-ethyl adjacent to an activating group) is 2. The Morgan fingerprint density at radius 1 is 1.01 bits per heavy atom. The van der Waals surface area contributed by atoms with E-state index >= 15 is 0 Å². The second-order valence-corrected chi connectivity index (χ2v) is 16.9. The predicted molar refractivity (Wildman–Crippen MR) is 247 cm³/mol. The number of nitrogens with one attached hydrogen (secondary N) is 3. The normalized spacial score (nSPS) is 15.6. The number of carbonyl (C=O) groups excluding carboxylic acids is 6. The lowest BCUT2D eigenvalue weighted by atomic mass is 9.86. The van der Waals surface area contributed by atoms with Crippen LogP contribution in [0.2, 0.25) is 0 Å². The molecule has 0 aliphatic carbocycles. The van der Waals surface area contributed by atoms with E-state index in [0.29, 0.717) is 46.4 Å². The van der Waals surface area contributed by atoms with E-state index in [2.05, 4.69) is 22.5 Å². The monoisotopic (exact) mass is 923 g/mol. The maximum atomic E-state index is 13.7. The van der Waals surface area contributed by atoms with Gasteiger partial charge >= 0.3 is 24.2 Å². The summed E-state index contributed by atoms with van der Waals surface area (Å²) in [5, 5.41) is 19.9. The highest BCUT2D eigenvalue weighted by atomic mass is 16.6. The maximum Gasteiger partial charge on any atom is 0.415 e. The summed E-state index contributed by atoms with van der Waals surface area (Å²) >= 11 is 0. The topological polar surface area (TPSA) is 280 Å². The summed E-state index contributed by atoms with van der Waals surface area (Å²) in [6.45, 7) is 9.47. The number of cyclic esters (lactones) is 1. The van der Waals surface area contributed by atoms with E-state index in [1.165, 1.54) is 23.9 Å². The lowest BCUT2D eigenvalue weighted by Gasteiger charge is -2.31. The number of aliphatic hydroxyl groups is 1. The molecular weight excluding hydrogens is 867 g/mol. The summed E-state index contributed by atoms with van der Waals surface area (Å²) in [5.74, 6) is -1.67. The summed E-state index contributed by atoms with van der Waals surface area (Å²) in [4.78, 5) is 96.9. The SMILES string of the molecule is C=CCc1c2c(nc3ccc(OC(=O)N(C)CCN(C)C(=O)OCc4ccc(NC(=O)[C@H](CCCNC(N)=O)NC(=O)[C@@H](N)C(C)C)cc4)cc13)-c1cc3c(c(=O)n1C2)COC(=O)[C@]3(O)CC. The first-order valence-corrected chi connectivity index (χ1v) is 21.9. The third kappa shape index (κ3) is 10.9. The number of urea groups is 1. The second kappa shape index (κ2) is 20.9. The Labute approximate surface area is 386 Å². The number of primary amides is 1. The van der Waals surface area contributed by atoms with E-state index < -0.39 is 53.7 Å². The van der Waals surface area contributed by atoms with Crippen molar-refractivity contribution in [3.05, 3.63) is 99.4 Å². The number of anilines is 1. The van der Waals surface area contributed by atoms with Crippen molar-refractivity contribution in [2.75, 3.05) is 39.0 Å². The van der Waals surface area contributed by atoms with Crippen molar-refractivity contribution in [3.63, 3.8) is 0 Å². The van der Waals surface area contributed by atoms with Crippen LogP contribution in [0, 0.1) is 5.92 Å². The molecule has 0 radical (unpaired) electrons. The van der Waals surface area contributed by atoms with E-state index in [1.807, 2.05) is 0 Å². The zero-order valence-electron chi connectivity index (χ0n) is 38.2. The summed E-state index contributed by atoms with van der Waals surface area (Å²) in [6, 6.07) is 10.8. The molecule has 4 aromatic rings. The van der Waals surface area contributed by atoms with Crippen LogP contribution in [-0.2, 0) is 55.6 Å². The second-order valence-electron chi connectivity index (χ2n) is 16.9. The average Bonchev–Trinajstić information content (AvgIpc) is 3.68. The molecule has 6 rings (SSSR count). The fraction of sp³-hybridized carbons (Fsp3) is 0.404. The quantitative estimate of drug-likeness (QED) is 0.0418. The Hall–Kier alpha value is -7.32. The highest BCUT2D eigenvalue weighted by molar-refractivity contribution is 5.98. The molecular formula is C47H57N9O11. The summed E-state index contributed by atoms with van der Waals surface area (Å²) < 4.78 is 18.0. The Morgan fingerprint density at radius 3 is 2.37 bits per heavy atom. The molecule has 4 heterocycles. The number of amides is 6. The fourth-order valence-corrected chi connectivity index (χ4v) is 7.77. The highest BCUT2D eigenvalue weighted by Crippen LogP contribution is 2.41. The van der Waals surface area contributed by atoms with Gasteiger partial charge in [0.1, 0.15) is 25.0 Å². The van der Waals surface area contributed by atoms with Crippen molar-refractivity contribution in [1.29, 1.82) is 0 Å². The molecule has 0 unspecified atom stereocenters. The Balaban J connectivity index is 1.02. The average molecular weight is 924 g/mol. The minimum Gasteiger partial charge on any atom is -0.458 e. The molecule has 0 saturated heterocycles. The van der Waals surface area contributed by atoms with E-state index in [4.69, 9.17) is 30.7 Å². The van der Waals surface area contributed by atoms with Crippen LogP contribution < -0.4 is 37.7 Å². The van der Waals surface area contributed by atoms with Crippen molar-refractivity contribution < 1.29 is 48.1 Å². The van der Waals surface area contributed by atoms with Crippen LogP contribution in [-0.4, -0.2) is 106 Å². The van der Waals surface area contributed by atoms with Crippen LogP contribution in [0.4, 0.5) is 20.1 Å². The molecule has 0 saturated carbocycles. The van der Waals surface area contributed by atoms with Crippen LogP contribution >= 0.6 is 0 Å². The number of carbonyl (C=O) groups is 6. The van der Waals surface area contributed by atoms with Gasteiger partial charge in [0.2, 0.25) is 11.8 Å². The number of aromatic nitrogens is 2. The standard InChI is InChI=1S/C47H57N9O11/c1-7-10-30-31-21-29(16-17-35(31)52-39-32(30)23-56-37(39)22-34-33(42(56)59)25-65-43(60)47(34,64)8-2)67-46(63)55(6)20-19-54(5)45(62)66-24-27-12-14-28(15-13-27)51-40(57)36(11-9-18-50-44(49)61)53-41(58)38(48)26(3)4/h7,12-17,21-22,26,36,38,64H,1,8-11,18-20,23-25,48H2,2-6H3,(H,51,57)(H,53,58)(H3,49,50,61)/t36-,38-,47-/m0/s1. The Bertz CT molecular complexity index is 2650. The van der Waals surface area contributed by atoms with Gasteiger partial charge in [-0.15, -0.1) is 6.58 Å². The van der Waals surface area contributed by atoms with Gasteiger partial charge in [0.15, 0.2) is 5.60 Å². The van der Waals surface area contributed by atoms with E-state index in [0.717, 1.165) is 11.1 Å². The number of pyridine rings is 2. The van der Waals surface area contributed by atoms with Gasteiger partial charge in [-0.3, -0.25) is 14.4 Å². The van der Waals surface area contributed by atoms with Gasteiger partial charge < -0.3 is 61.1 Å². The van der Waals surface area contributed by atoms with Crippen LogP contribution in [0.1, 0.15) is 67.9 Å². The number of allylic oxidation sites excluding steroid dienone is 1. The molecule has 2 aromatic carbocycles. The zero-order chi connectivity index (χ0) is 48.7. The predicted octanol–water partition coefficient (Wildman–Crippen LogP) is 3.36. The molecule has 2 aromatic heterocycles. The first-order valence-electron chi connectivity index (χ1n) is 21.9. The van der Waals surface area contributed by atoms with Gasteiger partial charge in [-0.1, -0.05) is 39.0 Å². The molecule has 2 aliphatic heterocycles. The molecule has 20 nitrogen and oxygen atoms in total. The van der Waals surface area contributed by atoms with Gasteiger partial charge in [-0.2, -0.15) is 0 Å². The molecule has 0 spiro atoms. The molecule has 6 amide bonds. The van der Waals surface area contributed by atoms with Gasteiger partial charge in [0.05, 0.1) is 35.1 Å². The van der Waals surface area contributed by atoms with Gasteiger partial charge in [0.25, 0.3) is 5.56 Å². The largest absolute Gasteiger partial charge is 0.458 e. The lowest BCUT2D eigenvalue weighted by molar-refractivity contribution is -0.172. The van der Waals surface area contributed by atoms with Crippen LogP contribution in [0.15, 0.2) is 66.0 Å². The maximum absolute atomic E-state index is 13.7. The highest BCUT2D eigenvalue weighted by Gasteiger charge is 2.45. The van der Waals surface area contributed by atoms with Gasteiger partial charge in [0, 0.05) is 55.9 Å². The van der Waals surface area contributed by atoms with E-state index in [1.54, 1.807) is 79.9 Å². The summed E-state index contributed by atoms with van der Waals surface area (Å²) in [6.07, 6.45) is 1.42. The number of hydrogen-bond donors (Lipinski definition) is 6. The van der Waals surface area contributed by atoms with E-state index in [9.17, 15) is 38.7 Å². The van der Waals surface area contributed by atoms with Crippen LogP contribution in [0.25, 0.3) is 22.3 Å². The number of ether oxygens (including phenoxy) is 3. The lowest BCUT2D eigenvalue weighted by Crippen LogP contribution is -2.51. The third-order valence-electron chi connectivity index (χ3n) is 11.9. The van der Waals surface area contributed by atoms with Gasteiger partial charge in [-0.05, 0) is 79.1 Å². The molecule has 67 heavy (non-hydrogen) atoms. The zero-order valence-corrected chi connectivity index (χ0v) is 38.2. The number of esters is 1. The minimum absolute atomic E-state index is 0.0238. The first-order chi connectivity index (χ1) is 31.9. The molecule has 20 heteroatoms. The molecule has 0 bridgehead atoms. The fourth-order valence-electron chi connectivity index (χ4n) is 7.77. The van der Waals surface area contributed by atoms with Crippen LogP contribution in [0.5, 0.6) is 5.75 Å². The number of nitrogens with two attached hydrogens (primary N) is 2. The number of nitrogens with zero attached hydrogens (tertiary/aromatic N) is 4. The smallest absolute Gasteiger partial charge is 0.415 e. The number of hydrogen-bond acceptors (Lipinski definition) is 13. The van der Waals surface area contributed by atoms with E-state index in [-0.39, 0.29) is 80.6 Å².